The second-order valence-corrected chi connectivity index (χ2v) is 8.90. The second-order valence-electron chi connectivity index (χ2n) is 6.17. The number of benzene rings is 2. The minimum absolute atomic E-state index is 0.240. The largest absolute Gasteiger partial charge is 0.351 e. The number of rotatable bonds is 3. The van der Waals surface area contributed by atoms with Gasteiger partial charge in [-0.05, 0) is 36.4 Å². The summed E-state index contributed by atoms with van der Waals surface area (Å²) >= 11 is 12.2. The summed E-state index contributed by atoms with van der Waals surface area (Å²) in [6.07, 6.45) is 0. The van der Waals surface area contributed by atoms with Crippen LogP contribution >= 0.6 is 23.2 Å². The van der Waals surface area contributed by atoms with Crippen molar-refractivity contribution in [2.24, 2.45) is 0 Å². The number of nitrogens with zero attached hydrogens (tertiary/aromatic N) is 4. The first kappa shape index (κ1) is 18.4. The van der Waals surface area contributed by atoms with E-state index in [0.717, 1.165) is 11.0 Å². The first-order chi connectivity index (χ1) is 12.9. The monoisotopic (exact) mass is 422 g/mol. The standard InChI is InChI=1S/C18H16Cl2N4O2S/c19-13-5-7-14(8-6-13)27(25,26)24-11-9-23(10-12-24)18-17(20)21-15-3-1-2-4-16(15)22-18/h1-8H,9-12H2. The van der Waals surface area contributed by atoms with Crippen LogP contribution in [0.1, 0.15) is 0 Å². The summed E-state index contributed by atoms with van der Waals surface area (Å²) in [7, 11) is -3.55. The molecular weight excluding hydrogens is 407 g/mol. The average Bonchev–Trinajstić information content (AvgIpc) is 2.68. The van der Waals surface area contributed by atoms with Crippen molar-refractivity contribution in [1.82, 2.24) is 14.3 Å². The summed E-state index contributed by atoms with van der Waals surface area (Å²) in [4.78, 5) is 11.2. The van der Waals surface area contributed by atoms with Crippen molar-refractivity contribution in [3.8, 4) is 0 Å². The number of para-hydroxylation sites is 2. The number of fused-ring (bicyclic) bond motifs is 1. The maximum Gasteiger partial charge on any atom is 0.243 e. The molecule has 0 radical (unpaired) electrons. The average molecular weight is 423 g/mol. The lowest BCUT2D eigenvalue weighted by molar-refractivity contribution is 0.384. The highest BCUT2D eigenvalue weighted by molar-refractivity contribution is 7.89. The molecule has 3 aromatic rings. The van der Waals surface area contributed by atoms with Crippen LogP contribution in [0.2, 0.25) is 10.2 Å². The highest BCUT2D eigenvalue weighted by atomic mass is 35.5. The predicted molar refractivity (Wildman–Crippen MR) is 107 cm³/mol. The summed E-state index contributed by atoms with van der Waals surface area (Å²) in [5.41, 5.74) is 1.49. The lowest BCUT2D eigenvalue weighted by Gasteiger charge is -2.34. The van der Waals surface area contributed by atoms with Crippen molar-refractivity contribution >= 4 is 50.1 Å². The zero-order valence-corrected chi connectivity index (χ0v) is 16.5. The second kappa shape index (κ2) is 7.24. The molecule has 0 unspecified atom stereocenters. The van der Waals surface area contributed by atoms with E-state index in [-0.39, 0.29) is 4.90 Å². The van der Waals surface area contributed by atoms with Gasteiger partial charge in [0.1, 0.15) is 0 Å². The normalized spacial score (nSPS) is 16.0. The SMILES string of the molecule is O=S(=O)(c1ccc(Cl)cc1)N1CCN(c2nc3ccccc3nc2Cl)CC1. The zero-order chi connectivity index (χ0) is 19.0. The molecule has 0 N–H and O–H groups in total. The highest BCUT2D eigenvalue weighted by Gasteiger charge is 2.29. The Morgan fingerprint density at radius 3 is 2.04 bits per heavy atom. The van der Waals surface area contributed by atoms with Crippen LogP contribution in [0.25, 0.3) is 11.0 Å². The van der Waals surface area contributed by atoms with Gasteiger partial charge < -0.3 is 4.90 Å². The highest BCUT2D eigenvalue weighted by Crippen LogP contribution is 2.27. The molecule has 2 aromatic carbocycles. The van der Waals surface area contributed by atoms with Gasteiger partial charge in [-0.25, -0.2) is 18.4 Å². The first-order valence-electron chi connectivity index (χ1n) is 8.38. The fourth-order valence-electron chi connectivity index (χ4n) is 3.07. The molecule has 1 aliphatic rings. The van der Waals surface area contributed by atoms with E-state index in [2.05, 4.69) is 9.97 Å². The van der Waals surface area contributed by atoms with Crippen molar-refractivity contribution in [3.63, 3.8) is 0 Å². The van der Waals surface area contributed by atoms with Gasteiger partial charge in [-0.3, -0.25) is 0 Å². The van der Waals surface area contributed by atoms with E-state index in [1.807, 2.05) is 29.2 Å². The van der Waals surface area contributed by atoms with E-state index >= 15 is 0 Å². The van der Waals surface area contributed by atoms with Crippen LogP contribution in [0.3, 0.4) is 0 Å². The van der Waals surface area contributed by atoms with Crippen LogP contribution in [0, 0.1) is 0 Å². The number of piperazine rings is 1. The van der Waals surface area contributed by atoms with Crippen molar-refractivity contribution in [2.75, 3.05) is 31.1 Å². The summed E-state index contributed by atoms with van der Waals surface area (Å²) < 4.78 is 27.1. The molecule has 1 aromatic heterocycles. The van der Waals surface area contributed by atoms with Crippen LogP contribution in [0.15, 0.2) is 53.4 Å². The van der Waals surface area contributed by atoms with Crippen LogP contribution in [-0.4, -0.2) is 48.9 Å². The Hall–Kier alpha value is -1.93. The van der Waals surface area contributed by atoms with Gasteiger partial charge in [-0.2, -0.15) is 4.31 Å². The Bertz CT molecular complexity index is 1080. The van der Waals surface area contributed by atoms with Crippen molar-refractivity contribution in [1.29, 1.82) is 0 Å². The number of halogens is 2. The Morgan fingerprint density at radius 1 is 0.815 bits per heavy atom. The smallest absolute Gasteiger partial charge is 0.243 e. The fraction of sp³-hybridized carbons (Fsp3) is 0.222. The molecule has 0 saturated carbocycles. The predicted octanol–water partition coefficient (Wildman–Crippen LogP) is 3.45. The molecule has 1 fully saturated rings. The summed E-state index contributed by atoms with van der Waals surface area (Å²) in [5.74, 6) is 0.582. The zero-order valence-electron chi connectivity index (χ0n) is 14.2. The van der Waals surface area contributed by atoms with Gasteiger partial charge in [-0.1, -0.05) is 35.3 Å². The maximum atomic E-state index is 12.8. The number of anilines is 1. The van der Waals surface area contributed by atoms with Crippen LogP contribution in [0.5, 0.6) is 0 Å². The van der Waals surface area contributed by atoms with E-state index < -0.39 is 10.0 Å². The topological polar surface area (TPSA) is 66.4 Å². The van der Waals surface area contributed by atoms with E-state index in [9.17, 15) is 8.42 Å². The van der Waals surface area contributed by atoms with Gasteiger partial charge in [0, 0.05) is 31.2 Å². The molecule has 0 aliphatic carbocycles. The quantitative estimate of drug-likeness (QED) is 0.646. The molecule has 1 aliphatic heterocycles. The Labute approximate surface area is 167 Å². The first-order valence-corrected chi connectivity index (χ1v) is 10.6. The molecule has 4 rings (SSSR count). The van der Waals surface area contributed by atoms with E-state index in [0.29, 0.717) is 42.2 Å². The minimum atomic E-state index is -3.55. The molecule has 0 bridgehead atoms. The van der Waals surface area contributed by atoms with Crippen LogP contribution in [-0.2, 0) is 10.0 Å². The lowest BCUT2D eigenvalue weighted by Crippen LogP contribution is -2.49. The third-order valence-corrected chi connectivity index (χ3v) is 6.92. The molecule has 6 nitrogen and oxygen atoms in total. The van der Waals surface area contributed by atoms with Gasteiger partial charge in [0.25, 0.3) is 0 Å². The molecule has 0 spiro atoms. The fourth-order valence-corrected chi connectivity index (χ4v) is 4.87. The molecule has 2 heterocycles. The third-order valence-electron chi connectivity index (χ3n) is 4.50. The van der Waals surface area contributed by atoms with Gasteiger partial charge in [0.2, 0.25) is 10.0 Å². The third kappa shape index (κ3) is 3.60. The number of sulfonamides is 1. The molecule has 0 amide bonds. The van der Waals surface area contributed by atoms with Gasteiger partial charge >= 0.3 is 0 Å². The summed E-state index contributed by atoms with van der Waals surface area (Å²) in [5, 5.41) is 0.825. The van der Waals surface area contributed by atoms with Crippen molar-refractivity contribution in [2.45, 2.75) is 4.90 Å². The molecule has 9 heteroatoms. The molecular formula is C18H16Cl2N4O2S. The Morgan fingerprint density at radius 2 is 1.41 bits per heavy atom. The molecule has 27 heavy (non-hydrogen) atoms. The van der Waals surface area contributed by atoms with E-state index in [4.69, 9.17) is 23.2 Å². The number of aromatic nitrogens is 2. The van der Waals surface area contributed by atoms with Crippen LogP contribution < -0.4 is 4.90 Å². The molecule has 1 saturated heterocycles. The number of hydrogen-bond acceptors (Lipinski definition) is 5. The van der Waals surface area contributed by atoms with Gasteiger partial charge in [0.15, 0.2) is 11.0 Å². The van der Waals surface area contributed by atoms with Gasteiger partial charge in [-0.15, -0.1) is 0 Å². The molecule has 0 atom stereocenters. The summed E-state index contributed by atoms with van der Waals surface area (Å²) in [6.45, 7) is 1.66. The van der Waals surface area contributed by atoms with E-state index in [1.54, 1.807) is 12.1 Å². The Balaban J connectivity index is 1.54. The van der Waals surface area contributed by atoms with Crippen molar-refractivity contribution in [3.05, 3.63) is 58.7 Å². The van der Waals surface area contributed by atoms with Gasteiger partial charge in [0.05, 0.1) is 15.9 Å². The summed E-state index contributed by atoms with van der Waals surface area (Å²) in [6, 6.07) is 13.7. The minimum Gasteiger partial charge on any atom is -0.351 e. The van der Waals surface area contributed by atoms with Crippen LogP contribution in [0.4, 0.5) is 5.82 Å². The number of hydrogen-bond donors (Lipinski definition) is 0. The van der Waals surface area contributed by atoms with E-state index in [1.165, 1.54) is 16.4 Å². The lowest BCUT2D eigenvalue weighted by atomic mass is 10.3. The van der Waals surface area contributed by atoms with Crippen molar-refractivity contribution < 1.29 is 8.42 Å². The maximum absolute atomic E-state index is 12.8. The Kier molecular flexibility index (Phi) is 4.94. The molecule has 140 valence electrons.